The molecule has 0 fully saturated rings. The highest BCUT2D eigenvalue weighted by Crippen LogP contribution is 2.41. The number of hydrogen-bond donors (Lipinski definition) is 0. The van der Waals surface area contributed by atoms with Gasteiger partial charge in [0.15, 0.2) is 0 Å². The molecule has 0 aromatic heterocycles. The van der Waals surface area contributed by atoms with Gasteiger partial charge >= 0.3 is 0 Å². The quantitative estimate of drug-likeness (QED) is 0.0535. The van der Waals surface area contributed by atoms with Crippen molar-refractivity contribution in [1.29, 1.82) is 0 Å². The first-order valence-electron chi connectivity index (χ1n) is 24.3. The van der Waals surface area contributed by atoms with Crippen molar-refractivity contribution in [3.8, 4) is 66.8 Å². The average molecular weight is 793 g/mol. The lowest BCUT2D eigenvalue weighted by molar-refractivity contribution is 0.607. The number of unbranched alkanes of at least 4 members (excludes halogenated alkanes) is 15. The van der Waals surface area contributed by atoms with Crippen LogP contribution in [0.25, 0.3) is 66.8 Å². The summed E-state index contributed by atoms with van der Waals surface area (Å²) in [6, 6.07) is 50.0. The molecule has 0 amide bonds. The van der Waals surface area contributed by atoms with E-state index in [4.69, 9.17) is 0 Å². The summed E-state index contributed by atoms with van der Waals surface area (Å²) in [6.07, 6.45) is 27.6. The van der Waals surface area contributed by atoms with Crippen LogP contribution in [0.15, 0.2) is 127 Å². The lowest BCUT2D eigenvalue weighted by Gasteiger charge is -2.08. The first kappa shape index (κ1) is 43.4. The van der Waals surface area contributed by atoms with Crippen LogP contribution >= 0.6 is 0 Å². The van der Waals surface area contributed by atoms with Gasteiger partial charge in [-0.2, -0.15) is 0 Å². The van der Waals surface area contributed by atoms with Crippen LogP contribution in [0.2, 0.25) is 0 Å². The fraction of sp³-hybridized carbons (Fsp3) is 0.400. The van der Waals surface area contributed by atoms with E-state index in [1.54, 1.807) is 0 Å². The minimum atomic E-state index is 1.17. The number of aryl methyl sites for hydroxylation is 3. The maximum Gasteiger partial charge on any atom is -0.0171 e. The molecular formula is C60H72. The summed E-state index contributed by atoms with van der Waals surface area (Å²) >= 11 is 0. The molecule has 60 heavy (non-hydrogen) atoms. The molecule has 0 spiro atoms. The van der Waals surface area contributed by atoms with Gasteiger partial charge in [-0.15, -0.1) is 0 Å². The zero-order chi connectivity index (χ0) is 41.4. The molecule has 0 radical (unpaired) electrons. The van der Waals surface area contributed by atoms with Crippen molar-refractivity contribution < 1.29 is 0 Å². The topological polar surface area (TPSA) is 0 Å². The third-order valence-corrected chi connectivity index (χ3v) is 13.1. The summed E-state index contributed by atoms with van der Waals surface area (Å²) < 4.78 is 0. The van der Waals surface area contributed by atoms with E-state index in [0.29, 0.717) is 0 Å². The van der Waals surface area contributed by atoms with E-state index in [0.717, 1.165) is 0 Å². The van der Waals surface area contributed by atoms with Crippen LogP contribution in [-0.2, 0) is 19.3 Å². The molecule has 0 unspecified atom stereocenters. The average Bonchev–Trinajstić information content (AvgIpc) is 3.89. The van der Waals surface area contributed by atoms with Gasteiger partial charge in [0.2, 0.25) is 0 Å². The van der Waals surface area contributed by atoms with Gasteiger partial charge in [0.25, 0.3) is 0 Å². The Morgan fingerprint density at radius 1 is 0.200 bits per heavy atom. The third-order valence-electron chi connectivity index (χ3n) is 13.1. The highest BCUT2D eigenvalue weighted by atomic mass is 14.2. The van der Waals surface area contributed by atoms with E-state index in [9.17, 15) is 0 Å². The van der Waals surface area contributed by atoms with Crippen LogP contribution < -0.4 is 0 Å². The number of fused-ring (bicyclic) bond motifs is 3. The molecule has 6 aliphatic carbocycles. The predicted molar refractivity (Wildman–Crippen MR) is 264 cm³/mol. The zero-order valence-electron chi connectivity index (χ0n) is 37.5. The summed E-state index contributed by atoms with van der Waals surface area (Å²) in [5.74, 6) is 0. The zero-order valence-corrected chi connectivity index (χ0v) is 37.5. The fourth-order valence-corrected chi connectivity index (χ4v) is 9.30. The minimum absolute atomic E-state index is 1.17. The molecule has 7 rings (SSSR count). The largest absolute Gasteiger partial charge is 0.0654 e. The van der Waals surface area contributed by atoms with Crippen LogP contribution in [-0.4, -0.2) is 0 Å². The van der Waals surface area contributed by atoms with Crippen LogP contribution in [0.1, 0.15) is 153 Å². The van der Waals surface area contributed by atoms with E-state index >= 15 is 0 Å². The van der Waals surface area contributed by atoms with Crippen molar-refractivity contribution in [2.45, 2.75) is 156 Å². The Hall–Kier alpha value is -4.68. The first-order chi connectivity index (χ1) is 29.6. The Morgan fingerprint density at radius 3 is 0.600 bits per heavy atom. The van der Waals surface area contributed by atoms with Crippen molar-refractivity contribution in [2.75, 3.05) is 0 Å². The number of rotatable bonds is 24. The Bertz CT molecular complexity index is 1880. The number of benzene rings is 1. The van der Waals surface area contributed by atoms with E-state index in [2.05, 4.69) is 148 Å². The second-order valence-corrected chi connectivity index (χ2v) is 18.0. The SMILES string of the molecule is CCCCCCCCc1ccc2cc(-c3cc(-c4cc5ccc(CCCCCCCC)ccc-5c4)cc(-c4cc5ccc(CCCCCCCC)ccc-5c4)c3)cc-2cc1. The molecule has 0 heterocycles. The Kier molecular flexibility index (Phi) is 16.5. The summed E-state index contributed by atoms with van der Waals surface area (Å²) in [5, 5.41) is 0. The molecule has 0 N–H and O–H groups in total. The second kappa shape index (κ2) is 22.8. The Morgan fingerprint density at radius 2 is 0.383 bits per heavy atom. The van der Waals surface area contributed by atoms with E-state index in [-0.39, 0.29) is 0 Å². The highest BCUT2D eigenvalue weighted by molar-refractivity contribution is 5.90. The molecule has 6 aliphatic rings. The monoisotopic (exact) mass is 793 g/mol. The first-order valence-corrected chi connectivity index (χ1v) is 24.3. The second-order valence-electron chi connectivity index (χ2n) is 18.0. The summed E-state index contributed by atoms with van der Waals surface area (Å²) in [6.45, 7) is 6.88. The third kappa shape index (κ3) is 12.2. The van der Waals surface area contributed by atoms with Crippen molar-refractivity contribution in [3.05, 3.63) is 144 Å². The smallest absolute Gasteiger partial charge is 0.0171 e. The minimum Gasteiger partial charge on any atom is -0.0654 e. The normalized spacial score (nSPS) is 11.7. The van der Waals surface area contributed by atoms with Gasteiger partial charge in [-0.3, -0.25) is 0 Å². The van der Waals surface area contributed by atoms with Crippen molar-refractivity contribution >= 4 is 0 Å². The van der Waals surface area contributed by atoms with E-state index in [1.807, 2.05) is 0 Å². The summed E-state index contributed by atoms with van der Waals surface area (Å²) in [5.41, 5.74) is 20.0. The summed E-state index contributed by atoms with van der Waals surface area (Å²) in [7, 11) is 0. The van der Waals surface area contributed by atoms with Gasteiger partial charge in [-0.1, -0.05) is 190 Å². The molecule has 0 bridgehead atoms. The molecule has 0 saturated carbocycles. The van der Waals surface area contributed by atoms with Gasteiger partial charge in [0.05, 0.1) is 0 Å². The molecule has 0 heteroatoms. The van der Waals surface area contributed by atoms with Crippen LogP contribution in [0, 0.1) is 0 Å². The molecular weight excluding hydrogens is 721 g/mol. The lowest BCUT2D eigenvalue weighted by atomic mass is 9.96. The Balaban J connectivity index is 1.16. The summed E-state index contributed by atoms with van der Waals surface area (Å²) in [4.78, 5) is 0. The maximum absolute atomic E-state index is 2.43. The van der Waals surface area contributed by atoms with Crippen LogP contribution in [0.3, 0.4) is 0 Å². The molecule has 0 saturated heterocycles. The molecule has 0 aliphatic heterocycles. The van der Waals surface area contributed by atoms with Gasteiger partial charge in [0, 0.05) is 0 Å². The van der Waals surface area contributed by atoms with Gasteiger partial charge in [-0.05, 0) is 177 Å². The van der Waals surface area contributed by atoms with Crippen molar-refractivity contribution in [3.63, 3.8) is 0 Å². The molecule has 1 aromatic carbocycles. The Labute approximate surface area is 364 Å². The van der Waals surface area contributed by atoms with Crippen molar-refractivity contribution in [1.82, 2.24) is 0 Å². The predicted octanol–water partition coefficient (Wildman–Crippen LogP) is 18.7. The van der Waals surface area contributed by atoms with Gasteiger partial charge in [0.1, 0.15) is 0 Å². The molecule has 0 atom stereocenters. The van der Waals surface area contributed by atoms with E-state index in [1.165, 1.54) is 218 Å². The lowest BCUT2D eigenvalue weighted by Crippen LogP contribution is -1.84. The van der Waals surface area contributed by atoms with Gasteiger partial charge in [-0.25, -0.2) is 0 Å². The maximum atomic E-state index is 2.43. The molecule has 1 aromatic rings. The van der Waals surface area contributed by atoms with Crippen LogP contribution in [0.4, 0.5) is 0 Å². The standard InChI is InChI=1S/C60H72/c1-4-7-10-13-16-19-22-46-25-31-49-37-55(38-50(49)32-26-46)58-43-59(56-39-51-33-27-47(28-34-52(51)40-56)23-20-17-14-11-8-5-2)45-60(44-58)57-41-53-35-29-48(30-36-54(53)42-57)24-21-18-15-12-9-6-3/h25-45H,4-24H2,1-3H3. The van der Waals surface area contributed by atoms with E-state index < -0.39 is 0 Å². The van der Waals surface area contributed by atoms with Crippen molar-refractivity contribution in [2.24, 2.45) is 0 Å². The van der Waals surface area contributed by atoms with Crippen LogP contribution in [0.5, 0.6) is 0 Å². The molecule has 312 valence electrons. The van der Waals surface area contributed by atoms with Gasteiger partial charge < -0.3 is 0 Å². The fourth-order valence-electron chi connectivity index (χ4n) is 9.30. The number of hydrogen-bond acceptors (Lipinski definition) is 0. The molecule has 0 nitrogen and oxygen atoms in total. The highest BCUT2D eigenvalue weighted by Gasteiger charge is 2.16.